The lowest BCUT2D eigenvalue weighted by atomic mass is 10.1. The zero-order valence-electron chi connectivity index (χ0n) is 19.9. The first-order valence-corrected chi connectivity index (χ1v) is 12.4. The summed E-state index contributed by atoms with van der Waals surface area (Å²) < 4.78 is 33.0. The topological polar surface area (TPSA) is 151 Å². The molecular formula is C25H23N5O6S. The Kier molecular flexibility index (Phi) is 7.32. The van der Waals surface area contributed by atoms with Crippen molar-refractivity contribution in [2.75, 3.05) is 14.2 Å². The average Bonchev–Trinajstić information content (AvgIpc) is 2.92. The lowest BCUT2D eigenvalue weighted by Gasteiger charge is -2.19. The third-order valence-electron chi connectivity index (χ3n) is 5.56. The SMILES string of the molecule is COc1ccc(C(=O)NNC(=O)c2n[nH]c(=O)c3ccccc23)cc1S(=O)(=O)N(C)Cc1ccccc1. The maximum atomic E-state index is 13.3. The number of sulfonamides is 1. The highest BCUT2D eigenvalue weighted by atomic mass is 32.2. The normalized spacial score (nSPS) is 11.3. The van der Waals surface area contributed by atoms with Gasteiger partial charge in [0.15, 0.2) is 5.69 Å². The largest absolute Gasteiger partial charge is 0.495 e. The number of carbonyl (C=O) groups excluding carboxylic acids is 2. The summed E-state index contributed by atoms with van der Waals surface area (Å²) in [6, 6.07) is 19.3. The molecule has 2 amide bonds. The molecule has 4 rings (SSSR count). The molecule has 0 radical (unpaired) electrons. The van der Waals surface area contributed by atoms with Gasteiger partial charge in [-0.25, -0.2) is 13.5 Å². The zero-order valence-corrected chi connectivity index (χ0v) is 20.7. The Morgan fingerprint density at radius 2 is 1.59 bits per heavy atom. The van der Waals surface area contributed by atoms with E-state index in [1.54, 1.807) is 48.5 Å². The summed E-state index contributed by atoms with van der Waals surface area (Å²) in [6.07, 6.45) is 0. The molecule has 0 aliphatic carbocycles. The molecule has 0 aliphatic rings. The Morgan fingerprint density at radius 3 is 2.30 bits per heavy atom. The molecular weight excluding hydrogens is 498 g/mol. The predicted molar refractivity (Wildman–Crippen MR) is 135 cm³/mol. The number of hydrazine groups is 1. The molecule has 12 heteroatoms. The van der Waals surface area contributed by atoms with Crippen LogP contribution < -0.4 is 21.1 Å². The quantitative estimate of drug-likeness (QED) is 0.314. The summed E-state index contributed by atoms with van der Waals surface area (Å²) in [5, 5.41) is 6.59. The van der Waals surface area contributed by atoms with Crippen molar-refractivity contribution in [1.29, 1.82) is 0 Å². The number of nitrogens with zero attached hydrogens (tertiary/aromatic N) is 2. The van der Waals surface area contributed by atoms with Crippen molar-refractivity contribution in [3.63, 3.8) is 0 Å². The van der Waals surface area contributed by atoms with Crippen molar-refractivity contribution >= 4 is 32.6 Å². The number of hydrogen-bond donors (Lipinski definition) is 3. The highest BCUT2D eigenvalue weighted by Gasteiger charge is 2.26. The number of H-pyrrole nitrogens is 1. The molecule has 0 spiro atoms. The van der Waals surface area contributed by atoms with E-state index >= 15 is 0 Å². The highest BCUT2D eigenvalue weighted by Crippen LogP contribution is 2.28. The first kappa shape index (κ1) is 25.5. The van der Waals surface area contributed by atoms with Gasteiger partial charge in [0.2, 0.25) is 10.0 Å². The van der Waals surface area contributed by atoms with E-state index in [1.807, 2.05) is 6.07 Å². The summed E-state index contributed by atoms with van der Waals surface area (Å²) >= 11 is 0. The number of rotatable bonds is 7. The van der Waals surface area contributed by atoms with Crippen molar-refractivity contribution in [3.8, 4) is 5.75 Å². The summed E-state index contributed by atoms with van der Waals surface area (Å²) in [5.41, 5.74) is 4.67. The summed E-state index contributed by atoms with van der Waals surface area (Å²) in [7, 11) is -1.29. The van der Waals surface area contributed by atoms with Crippen LogP contribution in [0.15, 0.2) is 82.5 Å². The molecule has 11 nitrogen and oxygen atoms in total. The van der Waals surface area contributed by atoms with E-state index in [0.29, 0.717) is 5.39 Å². The van der Waals surface area contributed by atoms with Crippen LogP contribution in [0.5, 0.6) is 5.75 Å². The van der Waals surface area contributed by atoms with Crippen LogP contribution >= 0.6 is 0 Å². The minimum Gasteiger partial charge on any atom is -0.495 e. The second-order valence-corrected chi connectivity index (χ2v) is 9.98. The molecule has 0 unspecified atom stereocenters. The predicted octanol–water partition coefficient (Wildman–Crippen LogP) is 1.83. The van der Waals surface area contributed by atoms with E-state index in [9.17, 15) is 22.8 Å². The molecule has 1 aromatic heterocycles. The number of fused-ring (bicyclic) bond motifs is 1. The van der Waals surface area contributed by atoms with Crippen LogP contribution in [0.3, 0.4) is 0 Å². The van der Waals surface area contributed by atoms with Gasteiger partial charge in [0.05, 0.1) is 12.5 Å². The van der Waals surface area contributed by atoms with E-state index in [1.165, 1.54) is 32.4 Å². The smallest absolute Gasteiger partial charge is 0.290 e. The van der Waals surface area contributed by atoms with Crippen LogP contribution in [0.25, 0.3) is 10.8 Å². The average molecular weight is 522 g/mol. The van der Waals surface area contributed by atoms with E-state index < -0.39 is 27.4 Å². The first-order valence-electron chi connectivity index (χ1n) is 11.0. The maximum absolute atomic E-state index is 13.3. The number of benzene rings is 3. The minimum atomic E-state index is -4.04. The number of aromatic nitrogens is 2. The minimum absolute atomic E-state index is 0.0351. The highest BCUT2D eigenvalue weighted by molar-refractivity contribution is 7.89. The van der Waals surface area contributed by atoms with Gasteiger partial charge in [-0.2, -0.15) is 9.40 Å². The number of aromatic amines is 1. The molecule has 4 aromatic rings. The number of methoxy groups -OCH3 is 1. The van der Waals surface area contributed by atoms with E-state index in [-0.39, 0.29) is 33.8 Å². The molecule has 0 fully saturated rings. The molecule has 190 valence electrons. The number of hydrogen-bond acceptors (Lipinski definition) is 7. The number of amides is 2. The molecule has 0 saturated heterocycles. The van der Waals surface area contributed by atoms with Gasteiger partial charge in [-0.1, -0.05) is 48.5 Å². The van der Waals surface area contributed by atoms with Crippen molar-refractivity contribution in [2.24, 2.45) is 0 Å². The molecule has 0 aliphatic heterocycles. The monoisotopic (exact) mass is 521 g/mol. The Hall–Kier alpha value is -4.55. The molecule has 1 heterocycles. The van der Waals surface area contributed by atoms with Crippen molar-refractivity contribution < 1.29 is 22.7 Å². The van der Waals surface area contributed by atoms with Crippen LogP contribution in [-0.2, 0) is 16.6 Å². The lowest BCUT2D eigenvalue weighted by molar-refractivity contribution is 0.0844. The summed E-state index contributed by atoms with van der Waals surface area (Å²) in [5.74, 6) is -1.49. The van der Waals surface area contributed by atoms with Gasteiger partial charge in [-0.15, -0.1) is 0 Å². The standard InChI is InChI=1S/C25H23N5O6S/c1-30(15-16-8-4-3-5-9-16)37(34,35)21-14-17(12-13-20(21)36-2)23(31)27-29-25(33)22-18-10-6-7-11-19(18)24(32)28-26-22/h3-14H,15H2,1-2H3,(H,27,31)(H,28,32)(H,29,33). The summed E-state index contributed by atoms with van der Waals surface area (Å²) in [6.45, 7) is 0.110. The van der Waals surface area contributed by atoms with Gasteiger partial charge >= 0.3 is 0 Å². The van der Waals surface area contributed by atoms with Crippen molar-refractivity contribution in [2.45, 2.75) is 11.4 Å². The van der Waals surface area contributed by atoms with Crippen LogP contribution in [0.1, 0.15) is 26.4 Å². The third-order valence-corrected chi connectivity index (χ3v) is 7.39. The molecule has 3 N–H and O–H groups in total. The second kappa shape index (κ2) is 10.6. The van der Waals surface area contributed by atoms with E-state index in [2.05, 4.69) is 21.0 Å². The third kappa shape index (κ3) is 5.34. The lowest BCUT2D eigenvalue weighted by Crippen LogP contribution is -2.42. The van der Waals surface area contributed by atoms with Gasteiger partial charge in [0, 0.05) is 24.5 Å². The summed E-state index contributed by atoms with van der Waals surface area (Å²) in [4.78, 5) is 37.2. The molecule has 3 aromatic carbocycles. The number of carbonyl (C=O) groups is 2. The van der Waals surface area contributed by atoms with Crippen molar-refractivity contribution in [3.05, 3.63) is 100.0 Å². The van der Waals surface area contributed by atoms with Crippen LogP contribution in [0, 0.1) is 0 Å². The fourth-order valence-electron chi connectivity index (χ4n) is 3.65. The van der Waals surface area contributed by atoms with E-state index in [0.717, 1.165) is 9.87 Å². The van der Waals surface area contributed by atoms with Crippen LogP contribution in [-0.4, -0.2) is 48.9 Å². The van der Waals surface area contributed by atoms with Gasteiger partial charge in [-0.05, 0) is 29.8 Å². The number of ether oxygens (including phenoxy) is 1. The molecule has 0 atom stereocenters. The fourth-order valence-corrected chi connectivity index (χ4v) is 4.98. The van der Waals surface area contributed by atoms with Gasteiger partial charge < -0.3 is 4.74 Å². The Balaban J connectivity index is 1.54. The molecule has 0 bridgehead atoms. The van der Waals surface area contributed by atoms with E-state index in [4.69, 9.17) is 4.74 Å². The molecule has 37 heavy (non-hydrogen) atoms. The van der Waals surface area contributed by atoms with Gasteiger partial charge in [0.1, 0.15) is 10.6 Å². The zero-order chi connectivity index (χ0) is 26.6. The Morgan fingerprint density at radius 1 is 0.946 bits per heavy atom. The van der Waals surface area contributed by atoms with Crippen molar-refractivity contribution in [1.82, 2.24) is 25.4 Å². The van der Waals surface area contributed by atoms with Gasteiger partial charge in [0.25, 0.3) is 17.4 Å². The first-order chi connectivity index (χ1) is 17.7. The Bertz CT molecular complexity index is 1640. The Labute approximate surface area is 212 Å². The van der Waals surface area contributed by atoms with Crippen LogP contribution in [0.4, 0.5) is 0 Å². The second-order valence-electron chi connectivity index (χ2n) is 7.97. The number of nitrogens with one attached hydrogen (secondary N) is 3. The van der Waals surface area contributed by atoms with Crippen LogP contribution in [0.2, 0.25) is 0 Å². The fraction of sp³-hybridized carbons (Fsp3) is 0.120. The van der Waals surface area contributed by atoms with Gasteiger partial charge in [-0.3, -0.25) is 25.2 Å². The molecule has 0 saturated carbocycles. The maximum Gasteiger partial charge on any atom is 0.290 e.